The van der Waals surface area contributed by atoms with Gasteiger partial charge in [0, 0.05) is 13.1 Å². The van der Waals surface area contributed by atoms with Crippen molar-refractivity contribution in [2.45, 2.75) is 32.5 Å². The van der Waals surface area contributed by atoms with Gasteiger partial charge in [0.1, 0.15) is 6.54 Å². The number of ether oxygens (including phenoxy) is 2. The van der Waals surface area contributed by atoms with E-state index in [9.17, 15) is 14.4 Å². The molecule has 1 aliphatic heterocycles. The Morgan fingerprint density at radius 3 is 2.52 bits per heavy atom. The maximum Gasteiger partial charge on any atom is 0.325 e. The quantitative estimate of drug-likeness (QED) is 0.749. The predicted molar refractivity (Wildman–Crippen MR) is 108 cm³/mol. The molecule has 7 nitrogen and oxygen atoms in total. The summed E-state index contributed by atoms with van der Waals surface area (Å²) < 4.78 is 10.6. The number of morpholine rings is 1. The van der Waals surface area contributed by atoms with E-state index in [1.165, 1.54) is 0 Å². The molecular weight excluding hydrogens is 372 g/mol. The minimum Gasteiger partial charge on any atom is -0.454 e. The summed E-state index contributed by atoms with van der Waals surface area (Å²) in [6, 6.07) is 13.6. The van der Waals surface area contributed by atoms with Gasteiger partial charge in [0.15, 0.2) is 6.61 Å². The van der Waals surface area contributed by atoms with Crippen molar-refractivity contribution in [3.05, 3.63) is 48.0 Å². The zero-order valence-corrected chi connectivity index (χ0v) is 16.7. The predicted octanol–water partition coefficient (Wildman–Crippen LogP) is 1.68. The number of amides is 2. The fourth-order valence-corrected chi connectivity index (χ4v) is 3.52. The summed E-state index contributed by atoms with van der Waals surface area (Å²) in [6.07, 6.45) is 0.0652. The zero-order chi connectivity index (χ0) is 20.8. The molecule has 2 amide bonds. The van der Waals surface area contributed by atoms with Gasteiger partial charge in [0.2, 0.25) is 5.91 Å². The number of hydrogen-bond donors (Lipinski definition) is 1. The topological polar surface area (TPSA) is 84.9 Å². The molecular formula is C22H26N2O5. The number of carbonyl (C=O) groups excluding carboxylic acids is 3. The summed E-state index contributed by atoms with van der Waals surface area (Å²) in [5.74, 6) is -1.18. The van der Waals surface area contributed by atoms with E-state index < -0.39 is 5.97 Å². The second-order valence-electron chi connectivity index (χ2n) is 7.31. The third kappa shape index (κ3) is 5.77. The van der Waals surface area contributed by atoms with E-state index in [-0.39, 0.29) is 43.6 Å². The van der Waals surface area contributed by atoms with Crippen LogP contribution in [0.3, 0.4) is 0 Å². The number of esters is 1. The van der Waals surface area contributed by atoms with Crippen molar-refractivity contribution in [2.75, 3.05) is 26.2 Å². The highest BCUT2D eigenvalue weighted by atomic mass is 16.5. The van der Waals surface area contributed by atoms with E-state index in [2.05, 4.69) is 5.32 Å². The van der Waals surface area contributed by atoms with Crippen LogP contribution in [0.15, 0.2) is 42.5 Å². The molecule has 3 rings (SSSR count). The van der Waals surface area contributed by atoms with Crippen LogP contribution in [0.25, 0.3) is 10.8 Å². The molecule has 7 heteroatoms. The van der Waals surface area contributed by atoms with E-state index in [4.69, 9.17) is 9.47 Å². The summed E-state index contributed by atoms with van der Waals surface area (Å²) in [7, 11) is 0. The lowest BCUT2D eigenvalue weighted by Gasteiger charge is -2.35. The Bertz CT molecular complexity index is 882. The van der Waals surface area contributed by atoms with E-state index in [0.717, 1.165) is 16.3 Å². The maximum absolute atomic E-state index is 12.2. The van der Waals surface area contributed by atoms with Crippen LogP contribution in [0, 0.1) is 0 Å². The lowest BCUT2D eigenvalue weighted by molar-refractivity contribution is -0.156. The van der Waals surface area contributed by atoms with Gasteiger partial charge in [0.25, 0.3) is 5.91 Å². The van der Waals surface area contributed by atoms with Gasteiger partial charge in [-0.2, -0.15) is 0 Å². The van der Waals surface area contributed by atoms with Crippen molar-refractivity contribution < 1.29 is 23.9 Å². The average Bonchev–Trinajstić information content (AvgIpc) is 2.70. The second-order valence-corrected chi connectivity index (χ2v) is 7.31. The molecule has 0 spiro atoms. The van der Waals surface area contributed by atoms with Crippen molar-refractivity contribution in [3.63, 3.8) is 0 Å². The summed E-state index contributed by atoms with van der Waals surface area (Å²) in [5.41, 5.74) is 0.889. The molecule has 29 heavy (non-hydrogen) atoms. The van der Waals surface area contributed by atoms with Crippen LogP contribution < -0.4 is 5.32 Å². The highest BCUT2D eigenvalue weighted by Gasteiger charge is 2.26. The number of benzene rings is 2. The molecule has 2 aromatic rings. The minimum atomic E-state index is -0.640. The van der Waals surface area contributed by atoms with Crippen LogP contribution in [0.1, 0.15) is 19.4 Å². The zero-order valence-electron chi connectivity index (χ0n) is 16.7. The van der Waals surface area contributed by atoms with Crippen molar-refractivity contribution in [2.24, 2.45) is 0 Å². The number of nitrogens with one attached hydrogen (secondary N) is 1. The van der Waals surface area contributed by atoms with Gasteiger partial charge in [-0.3, -0.25) is 14.4 Å². The largest absolute Gasteiger partial charge is 0.454 e. The molecule has 2 aromatic carbocycles. The molecule has 2 atom stereocenters. The summed E-state index contributed by atoms with van der Waals surface area (Å²) in [6.45, 7) is 4.14. The van der Waals surface area contributed by atoms with Gasteiger partial charge in [-0.25, -0.2) is 0 Å². The maximum atomic E-state index is 12.2. The number of nitrogens with zero attached hydrogens (tertiary/aromatic N) is 1. The van der Waals surface area contributed by atoms with Crippen molar-refractivity contribution in [1.29, 1.82) is 0 Å². The lowest BCUT2D eigenvalue weighted by atomic mass is 10.0. The van der Waals surface area contributed by atoms with Crippen LogP contribution in [-0.4, -0.2) is 61.1 Å². The van der Waals surface area contributed by atoms with Crippen LogP contribution in [0.4, 0.5) is 0 Å². The first kappa shape index (κ1) is 20.8. The molecule has 1 fully saturated rings. The summed E-state index contributed by atoms with van der Waals surface area (Å²) in [4.78, 5) is 37.9. The molecule has 0 aliphatic carbocycles. The Labute approximate surface area is 170 Å². The van der Waals surface area contributed by atoms with E-state index in [0.29, 0.717) is 13.1 Å². The molecule has 0 bridgehead atoms. The normalized spacial score (nSPS) is 19.0. The van der Waals surface area contributed by atoms with Gasteiger partial charge in [0.05, 0.1) is 18.6 Å². The molecule has 0 radical (unpaired) electrons. The van der Waals surface area contributed by atoms with Crippen molar-refractivity contribution in [3.8, 4) is 0 Å². The Morgan fingerprint density at radius 1 is 1.07 bits per heavy atom. The third-order valence-electron chi connectivity index (χ3n) is 4.79. The summed E-state index contributed by atoms with van der Waals surface area (Å²) >= 11 is 0. The van der Waals surface area contributed by atoms with E-state index in [1.807, 2.05) is 56.3 Å². The fourth-order valence-electron chi connectivity index (χ4n) is 3.52. The van der Waals surface area contributed by atoms with E-state index >= 15 is 0 Å². The molecule has 154 valence electrons. The molecule has 1 heterocycles. The van der Waals surface area contributed by atoms with Crippen LogP contribution >= 0.6 is 0 Å². The smallest absolute Gasteiger partial charge is 0.325 e. The molecule has 1 saturated heterocycles. The average molecular weight is 398 g/mol. The lowest BCUT2D eigenvalue weighted by Crippen LogP contribution is -2.49. The van der Waals surface area contributed by atoms with Crippen molar-refractivity contribution >= 4 is 28.6 Å². The molecule has 1 aliphatic rings. The van der Waals surface area contributed by atoms with Gasteiger partial charge < -0.3 is 19.7 Å². The molecule has 0 saturated carbocycles. The SMILES string of the molecule is C[C@@H]1CN(C(=O)COC(=O)CNC(=O)Cc2cccc3ccccc23)C[C@@H](C)O1. The fraction of sp³-hybridized carbons (Fsp3) is 0.409. The first-order valence-electron chi connectivity index (χ1n) is 9.74. The Hall–Kier alpha value is -2.93. The third-order valence-corrected chi connectivity index (χ3v) is 4.79. The molecule has 1 N–H and O–H groups in total. The van der Waals surface area contributed by atoms with E-state index in [1.54, 1.807) is 4.90 Å². The first-order valence-corrected chi connectivity index (χ1v) is 9.74. The first-order chi connectivity index (χ1) is 13.9. The Kier molecular flexibility index (Phi) is 6.82. The Balaban J connectivity index is 1.43. The minimum absolute atomic E-state index is 0.0493. The van der Waals surface area contributed by atoms with Gasteiger partial charge in [-0.15, -0.1) is 0 Å². The van der Waals surface area contributed by atoms with Crippen molar-refractivity contribution in [1.82, 2.24) is 10.2 Å². The number of fused-ring (bicyclic) bond motifs is 1. The van der Waals surface area contributed by atoms with Gasteiger partial charge in [-0.05, 0) is 30.2 Å². The van der Waals surface area contributed by atoms with Crippen LogP contribution in [0.2, 0.25) is 0 Å². The highest BCUT2D eigenvalue weighted by Crippen LogP contribution is 2.18. The van der Waals surface area contributed by atoms with Gasteiger partial charge in [-0.1, -0.05) is 42.5 Å². The number of carbonyl (C=O) groups is 3. The summed E-state index contributed by atoms with van der Waals surface area (Å²) in [5, 5.41) is 4.62. The number of hydrogen-bond acceptors (Lipinski definition) is 5. The van der Waals surface area contributed by atoms with Crippen LogP contribution in [0.5, 0.6) is 0 Å². The van der Waals surface area contributed by atoms with Gasteiger partial charge >= 0.3 is 5.97 Å². The van der Waals surface area contributed by atoms with Crippen LogP contribution in [-0.2, 0) is 30.3 Å². The molecule has 0 unspecified atom stereocenters. The number of rotatable bonds is 6. The molecule has 0 aromatic heterocycles. The Morgan fingerprint density at radius 2 is 1.76 bits per heavy atom. The monoisotopic (exact) mass is 398 g/mol. The second kappa shape index (κ2) is 9.52. The highest BCUT2D eigenvalue weighted by molar-refractivity contribution is 5.91. The standard InChI is InChI=1S/C22H26N2O5/c1-15-12-24(13-16(2)29-15)21(26)14-28-22(27)11-23-20(25)10-18-8-5-7-17-6-3-4-9-19(17)18/h3-9,15-16H,10-14H2,1-2H3,(H,23,25)/t15-,16-/m1/s1.